The third kappa shape index (κ3) is 1.86. The van der Waals surface area contributed by atoms with Crippen LogP contribution in [0, 0.1) is 0 Å². The molecule has 6 nitrogen and oxygen atoms in total. The Kier molecular flexibility index (Phi) is 2.77. The van der Waals surface area contributed by atoms with Gasteiger partial charge >= 0.3 is 0 Å². The van der Waals surface area contributed by atoms with Gasteiger partial charge in [0.25, 0.3) is 5.56 Å². The molecule has 21 heavy (non-hydrogen) atoms. The molecule has 0 aliphatic carbocycles. The summed E-state index contributed by atoms with van der Waals surface area (Å²) >= 11 is 11.9. The van der Waals surface area contributed by atoms with Crippen LogP contribution >= 0.6 is 23.2 Å². The van der Waals surface area contributed by atoms with E-state index in [1.54, 1.807) is 22.8 Å². The van der Waals surface area contributed by atoms with Crippen LogP contribution < -0.4 is 5.56 Å². The van der Waals surface area contributed by atoms with Gasteiger partial charge in [0.2, 0.25) is 0 Å². The van der Waals surface area contributed by atoms with Gasteiger partial charge in [-0.15, -0.1) is 5.10 Å². The summed E-state index contributed by atoms with van der Waals surface area (Å²) in [5, 5.41) is 8.86. The van der Waals surface area contributed by atoms with Crippen LogP contribution in [-0.4, -0.2) is 24.5 Å². The van der Waals surface area contributed by atoms with Crippen molar-refractivity contribution in [3.63, 3.8) is 0 Å². The lowest BCUT2D eigenvalue weighted by atomic mass is 10.3. The van der Waals surface area contributed by atoms with Crippen molar-refractivity contribution in [3.8, 4) is 5.69 Å². The van der Waals surface area contributed by atoms with E-state index >= 15 is 0 Å². The minimum absolute atomic E-state index is 0.140. The number of hydrogen-bond acceptors (Lipinski definition) is 4. The van der Waals surface area contributed by atoms with Crippen molar-refractivity contribution in [1.82, 2.24) is 24.5 Å². The zero-order valence-electron chi connectivity index (χ0n) is 10.8. The highest BCUT2D eigenvalue weighted by Gasteiger charge is 2.20. The van der Waals surface area contributed by atoms with Gasteiger partial charge in [-0.2, -0.15) is 4.68 Å². The maximum Gasteiger partial charge on any atom is 0.283 e. The molecule has 2 aromatic heterocycles. The van der Waals surface area contributed by atoms with E-state index in [0.717, 1.165) is 18.7 Å². The molecule has 0 unspecified atom stereocenters. The van der Waals surface area contributed by atoms with Gasteiger partial charge in [-0.3, -0.25) is 9.36 Å². The molecular formula is C13H9Cl2N5O. The minimum atomic E-state index is -0.140. The molecule has 0 saturated carbocycles. The normalized spacial score (nSPS) is 13.8. The van der Waals surface area contributed by atoms with E-state index in [0.29, 0.717) is 27.9 Å². The molecule has 1 aliphatic rings. The third-order valence-corrected chi connectivity index (χ3v) is 4.31. The number of benzene rings is 1. The standard InChI is InChI=1S/C13H9Cl2N5O/c14-8-4-3-7(6-9(8)15)20-12-11(17-18-20)13(21)19-5-1-2-10(19)16-12/h3-4,6H,1-2,5H2. The van der Waals surface area contributed by atoms with Crippen molar-refractivity contribution in [2.75, 3.05) is 0 Å². The molecule has 8 heteroatoms. The highest BCUT2D eigenvalue weighted by molar-refractivity contribution is 6.42. The fraction of sp³-hybridized carbons (Fsp3) is 0.231. The molecule has 1 aromatic carbocycles. The third-order valence-electron chi connectivity index (χ3n) is 3.57. The molecule has 0 N–H and O–H groups in total. The van der Waals surface area contributed by atoms with Crippen molar-refractivity contribution >= 4 is 34.4 Å². The maximum atomic E-state index is 12.3. The number of aryl methyl sites for hydroxylation is 1. The van der Waals surface area contributed by atoms with Crippen molar-refractivity contribution in [2.45, 2.75) is 19.4 Å². The van der Waals surface area contributed by atoms with Crippen LogP contribution in [-0.2, 0) is 13.0 Å². The maximum absolute atomic E-state index is 12.3. The van der Waals surface area contributed by atoms with Crippen LogP contribution in [0.25, 0.3) is 16.9 Å². The predicted octanol–water partition coefficient (Wildman–Crippen LogP) is 2.23. The first-order valence-corrected chi connectivity index (χ1v) is 7.21. The number of nitrogens with zero attached hydrogens (tertiary/aromatic N) is 5. The van der Waals surface area contributed by atoms with Gasteiger partial charge in [0, 0.05) is 13.0 Å². The zero-order valence-corrected chi connectivity index (χ0v) is 12.3. The summed E-state index contributed by atoms with van der Waals surface area (Å²) in [5.74, 6) is 0.774. The first-order valence-electron chi connectivity index (χ1n) is 6.46. The second kappa shape index (κ2) is 4.54. The van der Waals surface area contributed by atoms with E-state index in [4.69, 9.17) is 23.2 Å². The van der Waals surface area contributed by atoms with Gasteiger partial charge in [-0.1, -0.05) is 28.4 Å². The molecule has 0 bridgehead atoms. The van der Waals surface area contributed by atoms with Crippen LogP contribution in [0.5, 0.6) is 0 Å². The molecule has 0 saturated heterocycles. The molecule has 1 aliphatic heterocycles. The molecule has 0 atom stereocenters. The quantitative estimate of drug-likeness (QED) is 0.689. The average molecular weight is 322 g/mol. The smallest absolute Gasteiger partial charge is 0.283 e. The molecule has 0 fully saturated rings. The minimum Gasteiger partial charge on any atom is -0.295 e. The first-order chi connectivity index (χ1) is 10.1. The highest BCUT2D eigenvalue weighted by atomic mass is 35.5. The Morgan fingerprint density at radius 1 is 1.19 bits per heavy atom. The van der Waals surface area contributed by atoms with E-state index in [1.807, 2.05) is 0 Å². The van der Waals surface area contributed by atoms with Crippen LogP contribution in [0.15, 0.2) is 23.0 Å². The molecule has 0 spiro atoms. The number of aromatic nitrogens is 5. The summed E-state index contributed by atoms with van der Waals surface area (Å²) in [6, 6.07) is 5.10. The highest BCUT2D eigenvalue weighted by Crippen LogP contribution is 2.25. The van der Waals surface area contributed by atoms with Crippen LogP contribution in [0.3, 0.4) is 0 Å². The molecule has 4 rings (SSSR count). The Labute approximate surface area is 128 Å². The van der Waals surface area contributed by atoms with Crippen LogP contribution in [0.2, 0.25) is 10.0 Å². The SMILES string of the molecule is O=c1c2nnn(-c3ccc(Cl)c(Cl)c3)c2nc2n1CCC2. The summed E-state index contributed by atoms with van der Waals surface area (Å²) < 4.78 is 3.17. The largest absolute Gasteiger partial charge is 0.295 e. The summed E-state index contributed by atoms with van der Waals surface area (Å²) in [7, 11) is 0. The number of halogens is 2. The van der Waals surface area contributed by atoms with E-state index in [9.17, 15) is 4.79 Å². The summed E-state index contributed by atoms with van der Waals surface area (Å²) in [6.45, 7) is 0.691. The van der Waals surface area contributed by atoms with Gasteiger partial charge in [0.15, 0.2) is 11.2 Å². The van der Waals surface area contributed by atoms with E-state index < -0.39 is 0 Å². The van der Waals surface area contributed by atoms with Crippen molar-refractivity contribution < 1.29 is 0 Å². The van der Waals surface area contributed by atoms with Gasteiger partial charge in [0.1, 0.15) is 5.82 Å². The summed E-state index contributed by atoms with van der Waals surface area (Å²) in [4.78, 5) is 16.9. The second-order valence-electron chi connectivity index (χ2n) is 4.86. The summed E-state index contributed by atoms with van der Waals surface area (Å²) in [5.41, 5.74) is 1.25. The Hall–Kier alpha value is -1.92. The van der Waals surface area contributed by atoms with E-state index in [1.165, 1.54) is 4.68 Å². The lowest BCUT2D eigenvalue weighted by molar-refractivity contribution is 0.717. The fourth-order valence-corrected chi connectivity index (χ4v) is 2.84. The first kappa shape index (κ1) is 12.8. The van der Waals surface area contributed by atoms with Crippen LogP contribution in [0.1, 0.15) is 12.2 Å². The molecule has 3 heterocycles. The Morgan fingerprint density at radius 3 is 2.86 bits per heavy atom. The predicted molar refractivity (Wildman–Crippen MR) is 79.3 cm³/mol. The van der Waals surface area contributed by atoms with Crippen LogP contribution in [0.4, 0.5) is 0 Å². The van der Waals surface area contributed by atoms with Crippen molar-refractivity contribution in [3.05, 3.63) is 44.4 Å². The van der Waals surface area contributed by atoms with Gasteiger partial charge in [-0.05, 0) is 24.6 Å². The molecule has 3 aromatic rings. The van der Waals surface area contributed by atoms with Gasteiger partial charge in [0.05, 0.1) is 15.7 Å². The molecule has 0 radical (unpaired) electrons. The van der Waals surface area contributed by atoms with Crippen molar-refractivity contribution in [1.29, 1.82) is 0 Å². The zero-order chi connectivity index (χ0) is 14.6. The summed E-state index contributed by atoms with van der Waals surface area (Å²) in [6.07, 6.45) is 1.72. The van der Waals surface area contributed by atoms with Crippen molar-refractivity contribution in [2.24, 2.45) is 0 Å². The number of rotatable bonds is 1. The Morgan fingerprint density at radius 2 is 2.05 bits per heavy atom. The van der Waals surface area contributed by atoms with Gasteiger partial charge < -0.3 is 0 Å². The second-order valence-corrected chi connectivity index (χ2v) is 5.67. The lowest BCUT2D eigenvalue weighted by Crippen LogP contribution is -2.21. The Bertz CT molecular complexity index is 930. The fourth-order valence-electron chi connectivity index (χ4n) is 2.55. The molecule has 0 amide bonds. The Balaban J connectivity index is 2.00. The monoisotopic (exact) mass is 321 g/mol. The molecular weight excluding hydrogens is 313 g/mol. The van der Waals surface area contributed by atoms with E-state index in [-0.39, 0.29) is 11.1 Å². The topological polar surface area (TPSA) is 65.6 Å². The average Bonchev–Trinajstić information content (AvgIpc) is 3.09. The van der Waals surface area contributed by atoms with E-state index in [2.05, 4.69) is 15.3 Å². The number of hydrogen-bond donors (Lipinski definition) is 0. The lowest BCUT2D eigenvalue weighted by Gasteiger charge is -2.05. The van der Waals surface area contributed by atoms with Gasteiger partial charge in [-0.25, -0.2) is 4.98 Å². The molecule has 106 valence electrons. The number of fused-ring (bicyclic) bond motifs is 2.